The molecule has 144 valence electrons. The summed E-state index contributed by atoms with van der Waals surface area (Å²) in [6.45, 7) is 6.10. The number of fused-ring (bicyclic) bond motifs is 1. The monoisotopic (exact) mass is 388 g/mol. The third-order valence-corrected chi connectivity index (χ3v) is 5.35. The summed E-state index contributed by atoms with van der Waals surface area (Å²) in [5, 5.41) is 0.636. The normalized spacial score (nSPS) is 17.5. The Morgan fingerprint density at radius 2 is 1.81 bits per heavy atom. The second-order valence-electron chi connectivity index (χ2n) is 6.89. The van der Waals surface area contributed by atoms with Crippen molar-refractivity contribution in [2.24, 2.45) is 0 Å². The molecule has 6 heteroatoms. The zero-order chi connectivity index (χ0) is 18.6. The topological polar surface area (TPSA) is 34.2 Å². The van der Waals surface area contributed by atoms with E-state index in [1.807, 2.05) is 18.2 Å². The van der Waals surface area contributed by atoms with E-state index in [-0.39, 0.29) is 0 Å². The van der Waals surface area contributed by atoms with Crippen molar-refractivity contribution in [3.8, 4) is 17.2 Å². The number of hydrogen-bond donors (Lipinski definition) is 0. The summed E-state index contributed by atoms with van der Waals surface area (Å²) in [6, 6.07) is 12.3. The van der Waals surface area contributed by atoms with Crippen molar-refractivity contribution in [2.45, 2.75) is 13.0 Å². The summed E-state index contributed by atoms with van der Waals surface area (Å²) in [5.41, 5.74) is 2.33. The van der Waals surface area contributed by atoms with Crippen molar-refractivity contribution >= 4 is 17.3 Å². The van der Waals surface area contributed by atoms with Gasteiger partial charge in [0.05, 0.1) is 31.0 Å². The molecule has 5 nitrogen and oxygen atoms in total. The molecule has 1 fully saturated rings. The van der Waals surface area contributed by atoms with Gasteiger partial charge in [-0.15, -0.1) is 0 Å². The fourth-order valence-corrected chi connectivity index (χ4v) is 3.96. The summed E-state index contributed by atoms with van der Waals surface area (Å²) in [6.07, 6.45) is 0.880. The van der Waals surface area contributed by atoms with Crippen molar-refractivity contribution in [1.82, 2.24) is 4.90 Å². The standard InChI is InChI=1S/C21H25ClN2O3/c1-25-19-6-3-2-5-18(19)24-9-7-23(8-10-24)15-16-13-17(22)21-20(14-16)26-11-4-12-27-21/h2-3,5-6,13-14H,4,7-12,15H2,1H3. The van der Waals surface area contributed by atoms with Crippen LogP contribution in [0.3, 0.4) is 0 Å². The van der Waals surface area contributed by atoms with Gasteiger partial charge in [0.1, 0.15) is 5.75 Å². The van der Waals surface area contributed by atoms with Gasteiger partial charge in [0, 0.05) is 39.1 Å². The molecule has 4 rings (SSSR count). The molecular weight excluding hydrogens is 364 g/mol. The Kier molecular flexibility index (Phi) is 5.60. The van der Waals surface area contributed by atoms with E-state index in [9.17, 15) is 0 Å². The maximum absolute atomic E-state index is 6.43. The molecule has 2 aromatic carbocycles. The van der Waals surface area contributed by atoms with Gasteiger partial charge in [0.15, 0.2) is 11.5 Å². The molecule has 0 unspecified atom stereocenters. The van der Waals surface area contributed by atoms with Gasteiger partial charge in [0.2, 0.25) is 0 Å². The molecule has 0 N–H and O–H groups in total. The zero-order valence-electron chi connectivity index (χ0n) is 15.6. The van der Waals surface area contributed by atoms with Gasteiger partial charge in [-0.05, 0) is 29.8 Å². The summed E-state index contributed by atoms with van der Waals surface area (Å²) < 4.78 is 17.0. The molecule has 2 heterocycles. The highest BCUT2D eigenvalue weighted by Gasteiger charge is 2.21. The lowest BCUT2D eigenvalue weighted by Gasteiger charge is -2.36. The summed E-state index contributed by atoms with van der Waals surface area (Å²) in [4.78, 5) is 4.83. The predicted octanol–water partition coefficient (Wildman–Crippen LogP) is 3.83. The average molecular weight is 389 g/mol. The number of hydrogen-bond acceptors (Lipinski definition) is 5. The van der Waals surface area contributed by atoms with E-state index in [2.05, 4.69) is 28.0 Å². The maximum atomic E-state index is 6.43. The first-order valence-corrected chi connectivity index (χ1v) is 9.81. The van der Waals surface area contributed by atoms with Gasteiger partial charge in [-0.2, -0.15) is 0 Å². The fourth-order valence-electron chi connectivity index (χ4n) is 3.67. The number of ether oxygens (including phenoxy) is 3. The molecule has 2 aliphatic heterocycles. The Labute approximate surface area is 165 Å². The molecular formula is C21H25ClN2O3. The van der Waals surface area contributed by atoms with E-state index in [1.165, 1.54) is 5.69 Å². The van der Waals surface area contributed by atoms with Crippen molar-refractivity contribution in [3.05, 3.63) is 47.0 Å². The third-order valence-electron chi connectivity index (χ3n) is 5.07. The van der Waals surface area contributed by atoms with E-state index in [0.717, 1.165) is 56.2 Å². The van der Waals surface area contributed by atoms with Crippen LogP contribution in [0.2, 0.25) is 5.02 Å². The second-order valence-corrected chi connectivity index (χ2v) is 7.30. The van der Waals surface area contributed by atoms with Crippen LogP contribution in [0.1, 0.15) is 12.0 Å². The molecule has 2 aromatic rings. The largest absolute Gasteiger partial charge is 0.495 e. The Hall–Kier alpha value is -2.11. The number of piperazine rings is 1. The number of benzene rings is 2. The number of para-hydroxylation sites is 2. The summed E-state index contributed by atoms with van der Waals surface area (Å²) in [7, 11) is 1.73. The van der Waals surface area contributed by atoms with Crippen LogP contribution in [0.15, 0.2) is 36.4 Å². The molecule has 0 aromatic heterocycles. The molecule has 0 atom stereocenters. The molecule has 0 saturated carbocycles. The van der Waals surface area contributed by atoms with Gasteiger partial charge in [-0.3, -0.25) is 4.90 Å². The Bertz CT molecular complexity index is 791. The first-order valence-electron chi connectivity index (χ1n) is 9.43. The van der Waals surface area contributed by atoms with Crippen LogP contribution in [-0.4, -0.2) is 51.4 Å². The van der Waals surface area contributed by atoms with E-state index in [4.69, 9.17) is 25.8 Å². The SMILES string of the molecule is COc1ccccc1N1CCN(Cc2cc(Cl)c3c(c2)OCCCO3)CC1. The van der Waals surface area contributed by atoms with E-state index < -0.39 is 0 Å². The molecule has 0 aliphatic carbocycles. The maximum Gasteiger partial charge on any atom is 0.179 e. The Morgan fingerprint density at radius 3 is 2.63 bits per heavy atom. The highest BCUT2D eigenvalue weighted by atomic mass is 35.5. The quantitative estimate of drug-likeness (QED) is 0.795. The van der Waals surface area contributed by atoms with Crippen LogP contribution in [0.25, 0.3) is 0 Å². The summed E-state index contributed by atoms with van der Waals surface area (Å²) >= 11 is 6.43. The van der Waals surface area contributed by atoms with Crippen molar-refractivity contribution in [2.75, 3.05) is 51.4 Å². The summed E-state index contributed by atoms with van der Waals surface area (Å²) in [5.74, 6) is 2.38. The predicted molar refractivity (Wildman–Crippen MR) is 108 cm³/mol. The number of nitrogens with zero attached hydrogens (tertiary/aromatic N) is 2. The Morgan fingerprint density at radius 1 is 1.04 bits per heavy atom. The number of rotatable bonds is 4. The van der Waals surface area contributed by atoms with E-state index >= 15 is 0 Å². The van der Waals surface area contributed by atoms with Gasteiger partial charge in [0.25, 0.3) is 0 Å². The van der Waals surface area contributed by atoms with Crippen LogP contribution in [-0.2, 0) is 6.54 Å². The first kappa shape index (κ1) is 18.3. The van der Waals surface area contributed by atoms with Crippen molar-refractivity contribution < 1.29 is 14.2 Å². The first-order chi connectivity index (χ1) is 13.2. The smallest absolute Gasteiger partial charge is 0.179 e. The average Bonchev–Trinajstić information content (AvgIpc) is 2.94. The van der Waals surface area contributed by atoms with Crippen LogP contribution in [0, 0.1) is 0 Å². The highest BCUT2D eigenvalue weighted by Crippen LogP contribution is 2.38. The second kappa shape index (κ2) is 8.28. The minimum Gasteiger partial charge on any atom is -0.495 e. The van der Waals surface area contributed by atoms with E-state index in [0.29, 0.717) is 24.0 Å². The lowest BCUT2D eigenvalue weighted by Crippen LogP contribution is -2.46. The van der Waals surface area contributed by atoms with Crippen molar-refractivity contribution in [1.29, 1.82) is 0 Å². The van der Waals surface area contributed by atoms with Gasteiger partial charge >= 0.3 is 0 Å². The minimum atomic E-state index is 0.636. The van der Waals surface area contributed by atoms with Crippen LogP contribution in [0.5, 0.6) is 17.2 Å². The van der Waals surface area contributed by atoms with E-state index in [1.54, 1.807) is 7.11 Å². The minimum absolute atomic E-state index is 0.636. The third kappa shape index (κ3) is 4.09. The lowest BCUT2D eigenvalue weighted by molar-refractivity contribution is 0.248. The molecule has 0 spiro atoms. The van der Waals surface area contributed by atoms with Gasteiger partial charge < -0.3 is 19.1 Å². The van der Waals surface area contributed by atoms with Gasteiger partial charge in [-0.1, -0.05) is 23.7 Å². The molecule has 0 bridgehead atoms. The molecule has 1 saturated heterocycles. The fraction of sp³-hybridized carbons (Fsp3) is 0.429. The van der Waals surface area contributed by atoms with Gasteiger partial charge in [-0.25, -0.2) is 0 Å². The zero-order valence-corrected chi connectivity index (χ0v) is 16.4. The molecule has 27 heavy (non-hydrogen) atoms. The van der Waals surface area contributed by atoms with Crippen LogP contribution < -0.4 is 19.1 Å². The molecule has 2 aliphatic rings. The Balaban J connectivity index is 1.41. The highest BCUT2D eigenvalue weighted by molar-refractivity contribution is 6.32. The molecule has 0 amide bonds. The van der Waals surface area contributed by atoms with Crippen molar-refractivity contribution in [3.63, 3.8) is 0 Å². The van der Waals surface area contributed by atoms with Crippen LogP contribution in [0.4, 0.5) is 5.69 Å². The van der Waals surface area contributed by atoms with Crippen LogP contribution >= 0.6 is 11.6 Å². The molecule has 0 radical (unpaired) electrons. The lowest BCUT2D eigenvalue weighted by atomic mass is 10.1. The number of halogens is 1. The number of anilines is 1. The number of methoxy groups -OCH3 is 1.